The monoisotopic (exact) mass is 365 g/mol. The maximum Gasteiger partial charge on any atom is 0.253 e. The first-order valence-corrected chi connectivity index (χ1v) is 9.55. The summed E-state index contributed by atoms with van der Waals surface area (Å²) in [6.45, 7) is 3.87. The summed E-state index contributed by atoms with van der Waals surface area (Å²) in [7, 11) is 0. The summed E-state index contributed by atoms with van der Waals surface area (Å²) in [6, 6.07) is 14.7. The van der Waals surface area contributed by atoms with Crippen molar-refractivity contribution in [2.45, 2.75) is 32.6 Å². The number of likely N-dealkylation sites (tertiary alicyclic amines) is 1. The predicted octanol–water partition coefficient (Wildman–Crippen LogP) is 3.71. The van der Waals surface area contributed by atoms with E-state index in [9.17, 15) is 9.59 Å². The number of amides is 2. The second-order valence-corrected chi connectivity index (χ2v) is 7.30. The van der Waals surface area contributed by atoms with Crippen LogP contribution in [-0.2, 0) is 11.2 Å². The van der Waals surface area contributed by atoms with Crippen molar-refractivity contribution in [3.63, 3.8) is 0 Å². The summed E-state index contributed by atoms with van der Waals surface area (Å²) in [4.78, 5) is 26.6. The number of aryl methyl sites for hydroxylation is 1. The largest absolute Gasteiger partial charge is 0.399 e. The molecule has 1 heterocycles. The number of nitrogen functional groups attached to an aromatic ring is 1. The molecule has 0 aromatic heterocycles. The van der Waals surface area contributed by atoms with Gasteiger partial charge in [0.25, 0.3) is 5.91 Å². The lowest BCUT2D eigenvalue weighted by Gasteiger charge is -2.30. The van der Waals surface area contributed by atoms with Gasteiger partial charge in [-0.3, -0.25) is 9.59 Å². The van der Waals surface area contributed by atoms with Gasteiger partial charge in [-0.25, -0.2) is 0 Å². The summed E-state index contributed by atoms with van der Waals surface area (Å²) in [5.41, 5.74) is 8.96. The van der Waals surface area contributed by atoms with Gasteiger partial charge in [-0.15, -0.1) is 0 Å². The number of piperidine rings is 1. The minimum atomic E-state index is -0.0673. The van der Waals surface area contributed by atoms with Crippen LogP contribution in [0.4, 0.5) is 11.4 Å². The van der Waals surface area contributed by atoms with E-state index in [-0.39, 0.29) is 11.8 Å². The molecule has 1 aliphatic rings. The molecule has 1 fully saturated rings. The summed E-state index contributed by atoms with van der Waals surface area (Å²) in [5, 5.41) is 2.88. The fourth-order valence-electron chi connectivity index (χ4n) is 3.32. The molecule has 3 rings (SSSR count). The van der Waals surface area contributed by atoms with E-state index >= 15 is 0 Å². The molecule has 5 heteroatoms. The van der Waals surface area contributed by atoms with Crippen LogP contribution in [0.15, 0.2) is 48.5 Å². The van der Waals surface area contributed by atoms with E-state index < -0.39 is 0 Å². The minimum absolute atomic E-state index is 0.0673. The highest BCUT2D eigenvalue weighted by Gasteiger charge is 2.21. The van der Waals surface area contributed by atoms with Gasteiger partial charge < -0.3 is 16.0 Å². The number of para-hydroxylation sites is 1. The number of nitrogens with one attached hydrogen (secondary N) is 1. The van der Waals surface area contributed by atoms with Gasteiger partial charge >= 0.3 is 0 Å². The van der Waals surface area contributed by atoms with Crippen LogP contribution in [0, 0.1) is 5.92 Å². The second-order valence-electron chi connectivity index (χ2n) is 7.30. The van der Waals surface area contributed by atoms with Crippen molar-refractivity contribution >= 4 is 23.2 Å². The Labute approximate surface area is 160 Å². The van der Waals surface area contributed by atoms with Gasteiger partial charge in [0.15, 0.2) is 0 Å². The van der Waals surface area contributed by atoms with Crippen molar-refractivity contribution in [3.8, 4) is 0 Å². The molecule has 5 nitrogen and oxygen atoms in total. The average molecular weight is 365 g/mol. The first kappa shape index (κ1) is 19.0. The fourth-order valence-corrected chi connectivity index (χ4v) is 3.32. The lowest BCUT2D eigenvalue weighted by molar-refractivity contribution is -0.116. The molecular formula is C22H27N3O2. The van der Waals surface area contributed by atoms with Crippen LogP contribution in [0.1, 0.15) is 42.1 Å². The van der Waals surface area contributed by atoms with E-state index in [1.165, 1.54) is 0 Å². The van der Waals surface area contributed by atoms with Crippen molar-refractivity contribution in [2.24, 2.45) is 5.92 Å². The number of carbonyl (C=O) groups is 2. The molecule has 2 aromatic carbocycles. The Hall–Kier alpha value is -2.82. The van der Waals surface area contributed by atoms with Gasteiger partial charge in [0.2, 0.25) is 5.91 Å². The quantitative estimate of drug-likeness (QED) is 0.793. The highest BCUT2D eigenvalue weighted by atomic mass is 16.2. The molecule has 0 radical (unpaired) electrons. The summed E-state index contributed by atoms with van der Waals surface area (Å²) < 4.78 is 0. The van der Waals surface area contributed by atoms with Crippen LogP contribution in [0.3, 0.4) is 0 Å². The van der Waals surface area contributed by atoms with Gasteiger partial charge in [-0.1, -0.05) is 25.1 Å². The average Bonchev–Trinajstić information content (AvgIpc) is 2.68. The summed E-state index contributed by atoms with van der Waals surface area (Å²) in [6.07, 6.45) is 3.08. The molecule has 3 N–H and O–H groups in total. The highest BCUT2D eigenvalue weighted by Crippen LogP contribution is 2.19. The summed E-state index contributed by atoms with van der Waals surface area (Å²) in [5.74, 6) is 0.694. The first-order valence-electron chi connectivity index (χ1n) is 9.55. The van der Waals surface area contributed by atoms with E-state index in [2.05, 4.69) is 12.2 Å². The Morgan fingerprint density at radius 1 is 1.07 bits per heavy atom. The van der Waals surface area contributed by atoms with E-state index in [0.29, 0.717) is 35.7 Å². The zero-order valence-corrected chi connectivity index (χ0v) is 15.8. The first-order chi connectivity index (χ1) is 13.0. The van der Waals surface area contributed by atoms with Gasteiger partial charge in [-0.05, 0) is 61.1 Å². The molecule has 0 atom stereocenters. The van der Waals surface area contributed by atoms with Crippen molar-refractivity contribution in [3.05, 3.63) is 59.7 Å². The van der Waals surface area contributed by atoms with Crippen LogP contribution in [0.5, 0.6) is 0 Å². The van der Waals surface area contributed by atoms with Crippen molar-refractivity contribution in [2.75, 3.05) is 24.1 Å². The number of benzene rings is 2. The smallest absolute Gasteiger partial charge is 0.253 e. The van der Waals surface area contributed by atoms with Gasteiger partial charge in [0.05, 0.1) is 0 Å². The third kappa shape index (κ3) is 5.09. The molecule has 2 aromatic rings. The normalized spacial score (nSPS) is 14.8. The SMILES string of the molecule is CC1CCN(C(=O)c2ccc(NC(=O)CCc3ccccc3N)cc2)CC1. The molecular weight excluding hydrogens is 338 g/mol. The van der Waals surface area contributed by atoms with Gasteiger partial charge in [0, 0.05) is 36.4 Å². The van der Waals surface area contributed by atoms with Crippen molar-refractivity contribution < 1.29 is 9.59 Å². The number of carbonyl (C=O) groups excluding carboxylic acids is 2. The molecule has 0 saturated carbocycles. The van der Waals surface area contributed by atoms with E-state index in [0.717, 1.165) is 31.5 Å². The fraction of sp³-hybridized carbons (Fsp3) is 0.364. The maximum absolute atomic E-state index is 12.6. The Morgan fingerprint density at radius 2 is 1.74 bits per heavy atom. The maximum atomic E-state index is 12.6. The van der Waals surface area contributed by atoms with Crippen LogP contribution in [0.25, 0.3) is 0 Å². The zero-order valence-electron chi connectivity index (χ0n) is 15.8. The van der Waals surface area contributed by atoms with Crippen molar-refractivity contribution in [1.29, 1.82) is 0 Å². The number of hydrogen-bond acceptors (Lipinski definition) is 3. The lowest BCUT2D eigenvalue weighted by Crippen LogP contribution is -2.37. The Bertz CT molecular complexity index is 793. The standard InChI is InChI=1S/C22H27N3O2/c1-16-12-14-25(15-13-16)22(27)18-6-9-19(10-7-18)24-21(26)11-8-17-4-2-3-5-20(17)23/h2-7,9-10,16H,8,11-15,23H2,1H3,(H,24,26). The van der Waals surface area contributed by atoms with Crippen LogP contribution < -0.4 is 11.1 Å². The number of hydrogen-bond donors (Lipinski definition) is 2. The molecule has 0 spiro atoms. The highest BCUT2D eigenvalue weighted by molar-refractivity contribution is 5.96. The van der Waals surface area contributed by atoms with Gasteiger partial charge in [-0.2, -0.15) is 0 Å². The second kappa shape index (κ2) is 8.71. The Morgan fingerprint density at radius 3 is 2.41 bits per heavy atom. The van der Waals surface area contributed by atoms with E-state index in [1.54, 1.807) is 24.3 Å². The Balaban J connectivity index is 1.52. The topological polar surface area (TPSA) is 75.4 Å². The Kier molecular flexibility index (Phi) is 6.12. The third-order valence-corrected chi connectivity index (χ3v) is 5.16. The number of nitrogens with zero attached hydrogens (tertiary/aromatic N) is 1. The predicted molar refractivity (Wildman–Crippen MR) is 109 cm³/mol. The number of nitrogens with two attached hydrogens (primary N) is 1. The molecule has 2 amide bonds. The van der Waals surface area contributed by atoms with Gasteiger partial charge in [0.1, 0.15) is 0 Å². The third-order valence-electron chi connectivity index (χ3n) is 5.16. The zero-order chi connectivity index (χ0) is 19.2. The molecule has 0 bridgehead atoms. The van der Waals surface area contributed by atoms with E-state index in [1.807, 2.05) is 29.2 Å². The number of rotatable bonds is 5. The van der Waals surface area contributed by atoms with Crippen LogP contribution >= 0.6 is 0 Å². The minimum Gasteiger partial charge on any atom is -0.399 e. The molecule has 1 saturated heterocycles. The van der Waals surface area contributed by atoms with Crippen LogP contribution in [-0.4, -0.2) is 29.8 Å². The van der Waals surface area contributed by atoms with Crippen molar-refractivity contribution in [1.82, 2.24) is 4.90 Å². The molecule has 27 heavy (non-hydrogen) atoms. The molecule has 0 aliphatic carbocycles. The lowest BCUT2D eigenvalue weighted by atomic mass is 9.98. The molecule has 1 aliphatic heterocycles. The number of anilines is 2. The molecule has 0 unspecified atom stereocenters. The van der Waals surface area contributed by atoms with Crippen LogP contribution in [0.2, 0.25) is 0 Å². The molecule has 142 valence electrons. The van der Waals surface area contributed by atoms with E-state index in [4.69, 9.17) is 5.73 Å². The summed E-state index contributed by atoms with van der Waals surface area (Å²) >= 11 is 0.